The SMILES string of the molecule is C=CC(=O)N1CCC[C@@H](n2nc(C(=O)Nc3ccc(OC(=O)N(C)C)cc3F)c3c(N)ncnc32)C1. The standard InChI is InChI=1S/C23H25FN8O4/c1-4-17(33)31-9-5-6-13(11-31)32-21-18(20(25)26-12-27-21)19(29-32)22(34)28-16-8-7-14(10-15(16)24)36-23(35)30(2)3/h4,7-8,10,12-13H,1,5-6,9,11H2,2-3H3,(H,28,34)(H2,25,26,27)/t13-/m1/s1. The quantitative estimate of drug-likeness (QED) is 0.511. The van der Waals surface area contributed by atoms with E-state index in [0.717, 1.165) is 12.5 Å². The number of carbonyl (C=O) groups excluding carboxylic acids is 3. The molecule has 4 rings (SSSR count). The molecule has 1 aliphatic heterocycles. The molecule has 36 heavy (non-hydrogen) atoms. The highest BCUT2D eigenvalue weighted by atomic mass is 19.1. The van der Waals surface area contributed by atoms with Gasteiger partial charge >= 0.3 is 6.09 Å². The van der Waals surface area contributed by atoms with E-state index in [1.165, 1.54) is 43.5 Å². The molecule has 0 aliphatic carbocycles. The average molecular weight is 497 g/mol. The van der Waals surface area contributed by atoms with Gasteiger partial charge in [-0.3, -0.25) is 9.59 Å². The summed E-state index contributed by atoms with van der Waals surface area (Å²) in [4.78, 5) is 48.1. The van der Waals surface area contributed by atoms with E-state index in [-0.39, 0.29) is 40.3 Å². The number of piperidine rings is 1. The minimum Gasteiger partial charge on any atom is -0.410 e. The number of likely N-dealkylation sites (tertiary alicyclic amines) is 1. The summed E-state index contributed by atoms with van der Waals surface area (Å²) in [5.41, 5.74) is 6.16. The Bertz CT molecular complexity index is 1360. The molecule has 0 bridgehead atoms. The third kappa shape index (κ3) is 4.80. The number of nitrogens with two attached hydrogens (primary N) is 1. The smallest absolute Gasteiger partial charge is 0.410 e. The number of carbonyl (C=O) groups is 3. The van der Waals surface area contributed by atoms with Crippen molar-refractivity contribution in [1.82, 2.24) is 29.5 Å². The molecule has 0 saturated carbocycles. The summed E-state index contributed by atoms with van der Waals surface area (Å²) in [6.45, 7) is 4.48. The number of nitrogens with one attached hydrogen (secondary N) is 1. The fourth-order valence-electron chi connectivity index (χ4n) is 3.93. The van der Waals surface area contributed by atoms with Gasteiger partial charge in [-0.25, -0.2) is 23.8 Å². The van der Waals surface area contributed by atoms with Gasteiger partial charge in [0.15, 0.2) is 11.3 Å². The van der Waals surface area contributed by atoms with Crippen LogP contribution in [0.4, 0.5) is 20.7 Å². The Morgan fingerprint density at radius 1 is 1.31 bits per heavy atom. The Balaban J connectivity index is 1.63. The van der Waals surface area contributed by atoms with Gasteiger partial charge in [0, 0.05) is 33.3 Å². The first-order valence-corrected chi connectivity index (χ1v) is 11.1. The number of fused-ring (bicyclic) bond motifs is 1. The molecule has 0 spiro atoms. The fraction of sp³-hybridized carbons (Fsp3) is 0.304. The van der Waals surface area contributed by atoms with Gasteiger partial charge in [0.2, 0.25) is 5.91 Å². The zero-order valence-corrected chi connectivity index (χ0v) is 19.8. The summed E-state index contributed by atoms with van der Waals surface area (Å²) >= 11 is 0. The lowest BCUT2D eigenvalue weighted by molar-refractivity contribution is -0.127. The van der Waals surface area contributed by atoms with E-state index in [1.807, 2.05) is 0 Å². The van der Waals surface area contributed by atoms with Crippen LogP contribution in [0.25, 0.3) is 11.0 Å². The van der Waals surface area contributed by atoms with Crippen LogP contribution >= 0.6 is 0 Å². The molecule has 13 heteroatoms. The summed E-state index contributed by atoms with van der Waals surface area (Å²) in [6, 6.07) is 3.34. The second-order valence-electron chi connectivity index (χ2n) is 8.39. The summed E-state index contributed by atoms with van der Waals surface area (Å²) < 4.78 is 21.3. The summed E-state index contributed by atoms with van der Waals surface area (Å²) in [5.74, 6) is -1.72. The second-order valence-corrected chi connectivity index (χ2v) is 8.39. The Morgan fingerprint density at radius 2 is 2.08 bits per heavy atom. The average Bonchev–Trinajstić information content (AvgIpc) is 3.26. The number of hydrogen-bond donors (Lipinski definition) is 2. The molecule has 188 valence electrons. The molecule has 1 aromatic carbocycles. The highest BCUT2D eigenvalue weighted by Gasteiger charge is 2.29. The molecule has 0 radical (unpaired) electrons. The maximum atomic E-state index is 14.7. The molecule has 0 unspecified atom stereocenters. The topological polar surface area (TPSA) is 149 Å². The van der Waals surface area contributed by atoms with Crippen LogP contribution < -0.4 is 15.8 Å². The van der Waals surface area contributed by atoms with Crippen molar-refractivity contribution in [3.05, 3.63) is 48.7 Å². The van der Waals surface area contributed by atoms with Gasteiger partial charge < -0.3 is 25.6 Å². The Labute approximate surface area is 205 Å². The zero-order chi connectivity index (χ0) is 26.0. The number of anilines is 2. The summed E-state index contributed by atoms with van der Waals surface area (Å²) in [6.07, 6.45) is 3.27. The molecular weight excluding hydrogens is 471 g/mol. The number of aromatic nitrogens is 4. The Morgan fingerprint density at radius 3 is 2.78 bits per heavy atom. The molecular formula is C23H25FN8O4. The highest BCUT2D eigenvalue weighted by Crippen LogP contribution is 2.29. The predicted molar refractivity (Wildman–Crippen MR) is 129 cm³/mol. The number of nitrogens with zero attached hydrogens (tertiary/aromatic N) is 6. The molecule has 3 heterocycles. The largest absolute Gasteiger partial charge is 0.414 e. The number of amides is 3. The monoisotopic (exact) mass is 496 g/mol. The predicted octanol–water partition coefficient (Wildman–Crippen LogP) is 2.21. The molecule has 1 atom stereocenters. The van der Waals surface area contributed by atoms with Crippen LogP contribution in [0.15, 0.2) is 37.2 Å². The molecule has 3 N–H and O–H groups in total. The lowest BCUT2D eigenvalue weighted by Gasteiger charge is -2.32. The number of halogens is 1. The molecule has 1 saturated heterocycles. The van der Waals surface area contributed by atoms with E-state index in [4.69, 9.17) is 10.5 Å². The van der Waals surface area contributed by atoms with Crippen molar-refractivity contribution in [3.63, 3.8) is 0 Å². The first-order valence-electron chi connectivity index (χ1n) is 11.1. The van der Waals surface area contributed by atoms with E-state index in [0.29, 0.717) is 25.2 Å². The van der Waals surface area contributed by atoms with Crippen LogP contribution in [0, 0.1) is 5.82 Å². The van der Waals surface area contributed by atoms with Crippen molar-refractivity contribution in [2.45, 2.75) is 18.9 Å². The van der Waals surface area contributed by atoms with E-state index >= 15 is 0 Å². The number of ether oxygens (including phenoxy) is 1. The van der Waals surface area contributed by atoms with E-state index in [2.05, 4.69) is 27.0 Å². The van der Waals surface area contributed by atoms with E-state index < -0.39 is 17.8 Å². The maximum absolute atomic E-state index is 14.7. The summed E-state index contributed by atoms with van der Waals surface area (Å²) in [7, 11) is 2.99. The lowest BCUT2D eigenvalue weighted by atomic mass is 10.1. The van der Waals surface area contributed by atoms with Crippen LogP contribution in [0.1, 0.15) is 29.4 Å². The van der Waals surface area contributed by atoms with Crippen molar-refractivity contribution in [3.8, 4) is 5.75 Å². The van der Waals surface area contributed by atoms with Gasteiger partial charge in [-0.2, -0.15) is 5.10 Å². The minimum atomic E-state index is -0.814. The van der Waals surface area contributed by atoms with E-state index in [9.17, 15) is 18.8 Å². The van der Waals surface area contributed by atoms with Crippen molar-refractivity contribution >= 4 is 40.4 Å². The number of benzene rings is 1. The van der Waals surface area contributed by atoms with Gasteiger partial charge in [0.25, 0.3) is 5.91 Å². The van der Waals surface area contributed by atoms with Crippen molar-refractivity contribution in [2.24, 2.45) is 0 Å². The molecule has 12 nitrogen and oxygen atoms in total. The first-order chi connectivity index (χ1) is 17.2. The van der Waals surface area contributed by atoms with Gasteiger partial charge in [-0.05, 0) is 31.1 Å². The molecule has 1 aliphatic rings. The molecule has 3 aromatic rings. The van der Waals surface area contributed by atoms with Crippen LogP contribution in [-0.2, 0) is 4.79 Å². The fourth-order valence-corrected chi connectivity index (χ4v) is 3.93. The second kappa shape index (κ2) is 9.98. The summed E-state index contributed by atoms with van der Waals surface area (Å²) in [5, 5.41) is 7.15. The van der Waals surface area contributed by atoms with Crippen molar-refractivity contribution < 1.29 is 23.5 Å². The molecule has 2 aromatic heterocycles. The third-order valence-corrected chi connectivity index (χ3v) is 5.72. The van der Waals surface area contributed by atoms with Gasteiger partial charge in [-0.1, -0.05) is 6.58 Å². The first kappa shape index (κ1) is 24.6. The highest BCUT2D eigenvalue weighted by molar-refractivity contribution is 6.13. The Hall–Kier alpha value is -4.55. The van der Waals surface area contributed by atoms with Crippen LogP contribution in [0.2, 0.25) is 0 Å². The molecule has 3 amide bonds. The minimum absolute atomic E-state index is 0.0208. The van der Waals surface area contributed by atoms with Crippen LogP contribution in [-0.4, -0.2) is 74.6 Å². The third-order valence-electron chi connectivity index (χ3n) is 5.72. The van der Waals surface area contributed by atoms with Crippen molar-refractivity contribution in [2.75, 3.05) is 38.2 Å². The van der Waals surface area contributed by atoms with E-state index in [1.54, 1.807) is 9.58 Å². The Kier molecular flexibility index (Phi) is 6.81. The maximum Gasteiger partial charge on any atom is 0.414 e. The zero-order valence-electron chi connectivity index (χ0n) is 19.8. The lowest BCUT2D eigenvalue weighted by Crippen LogP contribution is -2.40. The number of nitrogen functional groups attached to an aromatic ring is 1. The number of rotatable bonds is 5. The normalized spacial score (nSPS) is 15.4. The van der Waals surface area contributed by atoms with Crippen LogP contribution in [0.5, 0.6) is 5.75 Å². The number of hydrogen-bond acceptors (Lipinski definition) is 8. The van der Waals surface area contributed by atoms with Crippen LogP contribution in [0.3, 0.4) is 0 Å². The van der Waals surface area contributed by atoms with Gasteiger partial charge in [0.1, 0.15) is 23.7 Å². The van der Waals surface area contributed by atoms with Gasteiger partial charge in [0.05, 0.1) is 17.1 Å². The van der Waals surface area contributed by atoms with Crippen molar-refractivity contribution in [1.29, 1.82) is 0 Å². The molecule has 1 fully saturated rings. The van der Waals surface area contributed by atoms with Gasteiger partial charge in [-0.15, -0.1) is 0 Å².